The predicted octanol–water partition coefficient (Wildman–Crippen LogP) is 7.96. The molecule has 1 aliphatic carbocycles. The van der Waals surface area contributed by atoms with Gasteiger partial charge in [0.25, 0.3) is 0 Å². The van der Waals surface area contributed by atoms with Gasteiger partial charge in [0.15, 0.2) is 11.6 Å². The van der Waals surface area contributed by atoms with Gasteiger partial charge in [-0.2, -0.15) is 4.39 Å². The van der Waals surface area contributed by atoms with Crippen LogP contribution in [0.4, 0.5) is 13.2 Å². The molecule has 0 bridgehead atoms. The highest BCUT2D eigenvalue weighted by atomic mass is 19.2. The van der Waals surface area contributed by atoms with Crippen molar-refractivity contribution in [1.29, 1.82) is 0 Å². The van der Waals surface area contributed by atoms with E-state index in [-0.39, 0.29) is 17.1 Å². The summed E-state index contributed by atoms with van der Waals surface area (Å²) in [7, 11) is 0. The molecule has 4 heteroatoms. The molecule has 0 aromatic heterocycles. The first-order valence-electron chi connectivity index (χ1n) is 10.5. The van der Waals surface area contributed by atoms with Gasteiger partial charge in [-0.15, -0.1) is 0 Å². The molecule has 0 atom stereocenters. The van der Waals surface area contributed by atoms with E-state index in [1.165, 1.54) is 18.6 Å². The number of halogens is 3. The smallest absolute Gasteiger partial charge is 0.201 e. The molecule has 156 valence electrons. The largest absolute Gasteiger partial charge is 0.491 e. The Hall–Kier alpha value is -2.23. The van der Waals surface area contributed by atoms with Crippen molar-refractivity contribution in [2.24, 2.45) is 5.92 Å². The molecule has 1 aliphatic rings. The van der Waals surface area contributed by atoms with Crippen LogP contribution in [0.1, 0.15) is 63.9 Å². The standard InChI is InChI=1S/C25H29F3O/c1-3-29-23-16-15-22(24(27)25(23)28)21-13-11-20(12-14-21)19-9-7-18(8-10-19)6-4-5-17(2)26/h5,11-16,18-19H,3-4,6-10H2,1-2H3. The number of benzene rings is 2. The Labute approximate surface area is 171 Å². The molecule has 0 spiro atoms. The van der Waals surface area contributed by atoms with Crippen LogP contribution >= 0.6 is 0 Å². The van der Waals surface area contributed by atoms with Gasteiger partial charge in [-0.25, -0.2) is 8.78 Å². The van der Waals surface area contributed by atoms with E-state index >= 15 is 0 Å². The van der Waals surface area contributed by atoms with E-state index in [0.717, 1.165) is 38.5 Å². The van der Waals surface area contributed by atoms with Crippen LogP contribution in [0.3, 0.4) is 0 Å². The summed E-state index contributed by atoms with van der Waals surface area (Å²) in [4.78, 5) is 0. The van der Waals surface area contributed by atoms with E-state index in [1.54, 1.807) is 19.1 Å². The molecular formula is C25H29F3O. The van der Waals surface area contributed by atoms with Gasteiger partial charge in [-0.3, -0.25) is 0 Å². The zero-order valence-corrected chi connectivity index (χ0v) is 17.2. The molecule has 0 aliphatic heterocycles. The summed E-state index contributed by atoms with van der Waals surface area (Å²) in [6.07, 6.45) is 8.09. The summed E-state index contributed by atoms with van der Waals surface area (Å²) in [6.45, 7) is 3.52. The Morgan fingerprint density at radius 2 is 1.69 bits per heavy atom. The van der Waals surface area contributed by atoms with Crippen LogP contribution in [-0.2, 0) is 0 Å². The minimum Gasteiger partial charge on any atom is -0.491 e. The number of allylic oxidation sites excluding steroid dienone is 2. The molecule has 3 rings (SSSR count). The molecular weight excluding hydrogens is 373 g/mol. The topological polar surface area (TPSA) is 9.23 Å². The van der Waals surface area contributed by atoms with Gasteiger partial charge in [-0.1, -0.05) is 30.3 Å². The maximum absolute atomic E-state index is 14.4. The second-order valence-corrected chi connectivity index (χ2v) is 7.88. The van der Waals surface area contributed by atoms with Gasteiger partial charge >= 0.3 is 0 Å². The van der Waals surface area contributed by atoms with Crippen LogP contribution in [0.2, 0.25) is 0 Å². The molecule has 0 N–H and O–H groups in total. The van der Waals surface area contributed by atoms with Gasteiger partial charge < -0.3 is 4.74 Å². The summed E-state index contributed by atoms with van der Waals surface area (Å²) in [5, 5.41) is 0. The maximum atomic E-state index is 14.4. The average Bonchev–Trinajstić information content (AvgIpc) is 2.72. The fraction of sp³-hybridized carbons (Fsp3) is 0.440. The first-order chi connectivity index (χ1) is 14.0. The van der Waals surface area contributed by atoms with Crippen LogP contribution < -0.4 is 4.74 Å². The molecule has 29 heavy (non-hydrogen) atoms. The molecule has 0 radical (unpaired) electrons. The third kappa shape index (κ3) is 5.43. The number of ether oxygens (including phenoxy) is 1. The zero-order chi connectivity index (χ0) is 20.8. The van der Waals surface area contributed by atoms with Crippen molar-refractivity contribution in [2.75, 3.05) is 6.61 Å². The third-order valence-corrected chi connectivity index (χ3v) is 5.89. The average molecular weight is 403 g/mol. The highest BCUT2D eigenvalue weighted by molar-refractivity contribution is 5.65. The van der Waals surface area contributed by atoms with Gasteiger partial charge in [0.1, 0.15) is 0 Å². The number of hydrogen-bond donors (Lipinski definition) is 0. The summed E-state index contributed by atoms with van der Waals surface area (Å²) in [5.74, 6) is -0.795. The molecule has 0 unspecified atom stereocenters. The van der Waals surface area contributed by atoms with E-state index in [4.69, 9.17) is 4.74 Å². The Bertz CT molecular complexity index is 830. The zero-order valence-electron chi connectivity index (χ0n) is 17.2. The van der Waals surface area contributed by atoms with Gasteiger partial charge in [0.05, 0.1) is 12.4 Å². The molecule has 0 heterocycles. The lowest BCUT2D eigenvalue weighted by atomic mass is 9.77. The lowest BCUT2D eigenvalue weighted by Gasteiger charge is -2.28. The Morgan fingerprint density at radius 1 is 1.00 bits per heavy atom. The number of hydrogen-bond acceptors (Lipinski definition) is 1. The predicted molar refractivity (Wildman–Crippen MR) is 112 cm³/mol. The van der Waals surface area contributed by atoms with E-state index in [0.29, 0.717) is 24.0 Å². The molecule has 1 fully saturated rings. The van der Waals surface area contributed by atoms with Crippen LogP contribution in [0, 0.1) is 17.6 Å². The van der Waals surface area contributed by atoms with Gasteiger partial charge in [0, 0.05) is 5.56 Å². The molecule has 2 aromatic rings. The highest BCUT2D eigenvalue weighted by Gasteiger charge is 2.22. The van der Waals surface area contributed by atoms with Crippen molar-refractivity contribution < 1.29 is 17.9 Å². The second-order valence-electron chi connectivity index (χ2n) is 7.88. The Kier molecular flexibility index (Phi) is 7.40. The van der Waals surface area contributed by atoms with Crippen LogP contribution in [0.25, 0.3) is 11.1 Å². The quantitative estimate of drug-likeness (QED) is 0.456. The molecule has 1 saturated carbocycles. The van der Waals surface area contributed by atoms with E-state index in [2.05, 4.69) is 0 Å². The fourth-order valence-corrected chi connectivity index (χ4v) is 4.26. The SMILES string of the molecule is CCOc1ccc(-c2ccc(C3CCC(CCC=C(C)F)CC3)cc2)c(F)c1F. The maximum Gasteiger partial charge on any atom is 0.201 e. The summed E-state index contributed by atoms with van der Waals surface area (Å²) >= 11 is 0. The first-order valence-corrected chi connectivity index (χ1v) is 10.5. The van der Waals surface area contributed by atoms with Gasteiger partial charge in [-0.05, 0) is 87.5 Å². The van der Waals surface area contributed by atoms with E-state index < -0.39 is 11.6 Å². The lowest BCUT2D eigenvalue weighted by molar-refractivity contribution is 0.311. The number of rotatable bonds is 7. The Balaban J connectivity index is 1.63. The lowest BCUT2D eigenvalue weighted by Crippen LogP contribution is -2.13. The van der Waals surface area contributed by atoms with Crippen LogP contribution in [0.5, 0.6) is 5.75 Å². The van der Waals surface area contributed by atoms with Crippen molar-refractivity contribution in [3.63, 3.8) is 0 Å². The normalized spacial score (nSPS) is 20.0. The minimum absolute atomic E-state index is 0.0562. The molecule has 1 nitrogen and oxygen atoms in total. The minimum atomic E-state index is -0.940. The van der Waals surface area contributed by atoms with Crippen LogP contribution in [0.15, 0.2) is 48.3 Å². The Morgan fingerprint density at radius 3 is 2.31 bits per heavy atom. The van der Waals surface area contributed by atoms with Crippen molar-refractivity contribution >= 4 is 0 Å². The van der Waals surface area contributed by atoms with Crippen molar-refractivity contribution in [2.45, 2.75) is 58.3 Å². The molecule has 0 amide bonds. The van der Waals surface area contributed by atoms with Crippen molar-refractivity contribution in [3.8, 4) is 16.9 Å². The van der Waals surface area contributed by atoms with Crippen molar-refractivity contribution in [1.82, 2.24) is 0 Å². The third-order valence-electron chi connectivity index (χ3n) is 5.89. The highest BCUT2D eigenvalue weighted by Crippen LogP contribution is 2.38. The summed E-state index contributed by atoms with van der Waals surface area (Å²) in [6, 6.07) is 10.8. The summed E-state index contributed by atoms with van der Waals surface area (Å²) < 4.78 is 46.5. The second kappa shape index (κ2) is 10.00. The first kappa shape index (κ1) is 21.5. The fourth-order valence-electron chi connectivity index (χ4n) is 4.26. The van der Waals surface area contributed by atoms with Gasteiger partial charge in [0.2, 0.25) is 5.82 Å². The van der Waals surface area contributed by atoms with E-state index in [1.807, 2.05) is 24.3 Å². The molecule has 0 saturated heterocycles. The van der Waals surface area contributed by atoms with E-state index in [9.17, 15) is 13.2 Å². The molecule has 2 aromatic carbocycles. The van der Waals surface area contributed by atoms with Crippen LogP contribution in [-0.4, -0.2) is 6.61 Å². The van der Waals surface area contributed by atoms with Crippen molar-refractivity contribution in [3.05, 3.63) is 65.5 Å². The monoisotopic (exact) mass is 402 g/mol. The summed E-state index contributed by atoms with van der Waals surface area (Å²) in [5.41, 5.74) is 2.16.